The van der Waals surface area contributed by atoms with Crippen LogP contribution in [0.25, 0.3) is 11.4 Å². The summed E-state index contributed by atoms with van der Waals surface area (Å²) in [6.07, 6.45) is 10.2. The van der Waals surface area contributed by atoms with E-state index in [1.54, 1.807) is 7.11 Å². The number of likely N-dealkylation sites (tertiary alicyclic amines) is 1. The lowest BCUT2D eigenvalue weighted by Gasteiger charge is -2.32. The van der Waals surface area contributed by atoms with E-state index in [0.717, 1.165) is 62.5 Å². The van der Waals surface area contributed by atoms with Crippen molar-refractivity contribution in [3.05, 3.63) is 66.2 Å². The van der Waals surface area contributed by atoms with E-state index in [1.165, 1.54) is 11.3 Å². The van der Waals surface area contributed by atoms with E-state index in [4.69, 9.17) is 4.74 Å². The zero-order chi connectivity index (χ0) is 22.3. The normalized spacial score (nSPS) is 14.5. The maximum atomic E-state index is 12.7. The van der Waals surface area contributed by atoms with Crippen LogP contribution in [-0.2, 0) is 17.8 Å². The van der Waals surface area contributed by atoms with Gasteiger partial charge in [0.1, 0.15) is 11.6 Å². The largest absolute Gasteiger partial charge is 0.497 e. The first kappa shape index (κ1) is 22.1. The highest BCUT2D eigenvalue weighted by Crippen LogP contribution is 2.25. The van der Waals surface area contributed by atoms with Crippen LogP contribution in [0.4, 0.5) is 0 Å². The molecule has 2 aromatic heterocycles. The predicted octanol–water partition coefficient (Wildman–Crippen LogP) is 4.52. The van der Waals surface area contributed by atoms with Gasteiger partial charge in [-0.1, -0.05) is 12.1 Å². The summed E-state index contributed by atoms with van der Waals surface area (Å²) in [7, 11) is 1.67. The van der Waals surface area contributed by atoms with E-state index >= 15 is 0 Å². The van der Waals surface area contributed by atoms with Crippen LogP contribution < -0.4 is 4.74 Å². The van der Waals surface area contributed by atoms with Crippen LogP contribution in [0.5, 0.6) is 5.75 Å². The number of hydrogen-bond acceptors (Lipinski definition) is 4. The average Bonchev–Trinajstić information content (AvgIpc) is 3.22. The number of methoxy groups -OCH3 is 1. The number of imidazole rings is 1. The summed E-state index contributed by atoms with van der Waals surface area (Å²) in [5, 5.41) is 0. The first-order valence-corrected chi connectivity index (χ1v) is 11.5. The number of amides is 1. The number of ether oxygens (including phenoxy) is 1. The summed E-state index contributed by atoms with van der Waals surface area (Å²) in [5.41, 5.74) is 3.46. The quantitative estimate of drug-likeness (QED) is 0.525. The molecule has 6 nitrogen and oxygen atoms in total. The smallest absolute Gasteiger partial charge is 0.222 e. The van der Waals surface area contributed by atoms with Crippen molar-refractivity contribution < 1.29 is 9.53 Å². The van der Waals surface area contributed by atoms with Crippen LogP contribution in [0, 0.1) is 12.8 Å². The minimum atomic E-state index is 0.268. The van der Waals surface area contributed by atoms with Crippen molar-refractivity contribution >= 4 is 5.91 Å². The van der Waals surface area contributed by atoms with Crippen LogP contribution in [0.2, 0.25) is 0 Å². The molecule has 6 heteroatoms. The van der Waals surface area contributed by atoms with Crippen molar-refractivity contribution in [2.24, 2.45) is 5.92 Å². The van der Waals surface area contributed by atoms with E-state index in [0.29, 0.717) is 12.3 Å². The number of carbonyl (C=O) groups is 1. The SMILES string of the molecule is COc1ccc(CCC(=O)N2CCC(CCn3c(C)cnc3-c3ccncc3)CC2)cc1. The van der Waals surface area contributed by atoms with E-state index in [1.807, 2.05) is 59.9 Å². The fourth-order valence-corrected chi connectivity index (χ4v) is 4.46. The molecule has 1 aliphatic heterocycles. The van der Waals surface area contributed by atoms with E-state index < -0.39 is 0 Å². The third-order valence-electron chi connectivity index (χ3n) is 6.51. The highest BCUT2D eigenvalue weighted by molar-refractivity contribution is 5.76. The second-order valence-corrected chi connectivity index (χ2v) is 8.57. The summed E-state index contributed by atoms with van der Waals surface area (Å²) in [5.74, 6) is 2.77. The van der Waals surface area contributed by atoms with Crippen LogP contribution in [-0.4, -0.2) is 45.5 Å². The molecule has 1 amide bonds. The predicted molar refractivity (Wildman–Crippen MR) is 125 cm³/mol. The number of pyridine rings is 1. The van der Waals surface area contributed by atoms with E-state index in [2.05, 4.69) is 21.5 Å². The number of nitrogens with zero attached hydrogens (tertiary/aromatic N) is 4. The highest BCUT2D eigenvalue weighted by Gasteiger charge is 2.23. The Balaban J connectivity index is 1.24. The van der Waals surface area contributed by atoms with Gasteiger partial charge in [-0.05, 0) is 68.4 Å². The molecule has 3 aromatic rings. The standard InChI is InChI=1S/C26H32N4O2/c1-20-19-28-26(23-9-14-27-15-10-23)30(20)18-13-22-11-16-29(17-12-22)25(31)8-5-21-3-6-24(32-2)7-4-21/h3-4,6-7,9-10,14-15,19,22H,5,8,11-13,16-18H2,1-2H3. The molecule has 4 rings (SSSR count). The molecular formula is C26H32N4O2. The van der Waals surface area contributed by atoms with Gasteiger partial charge in [-0.25, -0.2) is 4.98 Å². The van der Waals surface area contributed by atoms with Gasteiger partial charge in [-0.15, -0.1) is 0 Å². The van der Waals surface area contributed by atoms with Crippen LogP contribution >= 0.6 is 0 Å². The second-order valence-electron chi connectivity index (χ2n) is 8.57. The van der Waals surface area contributed by atoms with Crippen molar-refractivity contribution in [2.75, 3.05) is 20.2 Å². The maximum Gasteiger partial charge on any atom is 0.222 e. The topological polar surface area (TPSA) is 60.2 Å². The molecule has 168 valence electrons. The van der Waals surface area contributed by atoms with Crippen molar-refractivity contribution in [1.29, 1.82) is 0 Å². The van der Waals surface area contributed by atoms with Crippen molar-refractivity contribution in [3.8, 4) is 17.1 Å². The van der Waals surface area contributed by atoms with Gasteiger partial charge in [0.15, 0.2) is 0 Å². The Morgan fingerprint density at radius 3 is 2.50 bits per heavy atom. The van der Waals surface area contributed by atoms with Crippen molar-refractivity contribution in [2.45, 2.75) is 45.6 Å². The first-order valence-electron chi connectivity index (χ1n) is 11.5. The number of rotatable bonds is 8. The van der Waals surface area contributed by atoms with Crippen LogP contribution in [0.1, 0.15) is 36.9 Å². The summed E-state index contributed by atoms with van der Waals surface area (Å²) in [6, 6.07) is 12.0. The summed E-state index contributed by atoms with van der Waals surface area (Å²) in [4.78, 5) is 23.4. The van der Waals surface area contributed by atoms with Gasteiger partial charge >= 0.3 is 0 Å². The van der Waals surface area contributed by atoms with Gasteiger partial charge in [-0.2, -0.15) is 0 Å². The lowest BCUT2D eigenvalue weighted by Crippen LogP contribution is -2.38. The van der Waals surface area contributed by atoms with Crippen molar-refractivity contribution in [1.82, 2.24) is 19.4 Å². The monoisotopic (exact) mass is 432 g/mol. The molecule has 0 saturated carbocycles. The molecule has 0 radical (unpaired) electrons. The Morgan fingerprint density at radius 1 is 1.09 bits per heavy atom. The van der Waals surface area contributed by atoms with Gasteiger partial charge in [0.25, 0.3) is 0 Å². The third-order valence-corrected chi connectivity index (χ3v) is 6.51. The highest BCUT2D eigenvalue weighted by atomic mass is 16.5. The summed E-state index contributed by atoms with van der Waals surface area (Å²) < 4.78 is 7.50. The molecular weight excluding hydrogens is 400 g/mol. The van der Waals surface area contributed by atoms with E-state index in [9.17, 15) is 4.79 Å². The molecule has 1 aliphatic rings. The molecule has 0 spiro atoms. The maximum absolute atomic E-state index is 12.7. The Labute approximate surface area is 190 Å². The van der Waals surface area contributed by atoms with Crippen molar-refractivity contribution in [3.63, 3.8) is 0 Å². The number of piperidine rings is 1. The molecule has 1 fully saturated rings. The molecule has 3 heterocycles. The minimum Gasteiger partial charge on any atom is -0.497 e. The fraction of sp³-hybridized carbons (Fsp3) is 0.423. The number of carbonyl (C=O) groups excluding carboxylic acids is 1. The Morgan fingerprint density at radius 2 is 1.81 bits per heavy atom. The Bertz CT molecular complexity index is 1010. The summed E-state index contributed by atoms with van der Waals surface area (Å²) in [6.45, 7) is 4.81. The van der Waals surface area contributed by atoms with Crippen LogP contribution in [0.3, 0.4) is 0 Å². The number of benzene rings is 1. The van der Waals surface area contributed by atoms with Crippen LogP contribution in [0.15, 0.2) is 55.0 Å². The van der Waals surface area contributed by atoms with Gasteiger partial charge < -0.3 is 14.2 Å². The average molecular weight is 433 g/mol. The molecule has 1 aromatic carbocycles. The zero-order valence-electron chi connectivity index (χ0n) is 19.0. The molecule has 0 N–H and O–H groups in total. The Hall–Kier alpha value is -3.15. The molecule has 0 bridgehead atoms. The molecule has 1 saturated heterocycles. The first-order chi connectivity index (χ1) is 15.6. The summed E-state index contributed by atoms with van der Waals surface area (Å²) >= 11 is 0. The lowest BCUT2D eigenvalue weighted by atomic mass is 9.93. The second kappa shape index (κ2) is 10.4. The number of aryl methyl sites for hydroxylation is 2. The molecule has 0 unspecified atom stereocenters. The van der Waals surface area contributed by atoms with Gasteiger partial charge in [0.2, 0.25) is 5.91 Å². The molecule has 0 aliphatic carbocycles. The van der Waals surface area contributed by atoms with Gasteiger partial charge in [0.05, 0.1) is 7.11 Å². The number of aromatic nitrogens is 3. The molecule has 32 heavy (non-hydrogen) atoms. The zero-order valence-corrected chi connectivity index (χ0v) is 19.0. The molecule has 0 atom stereocenters. The fourth-order valence-electron chi connectivity index (χ4n) is 4.46. The van der Waals surface area contributed by atoms with Gasteiger partial charge in [-0.3, -0.25) is 9.78 Å². The minimum absolute atomic E-state index is 0.268. The van der Waals surface area contributed by atoms with E-state index in [-0.39, 0.29) is 5.91 Å². The van der Waals surface area contributed by atoms with Gasteiger partial charge in [0, 0.05) is 55.9 Å². The lowest BCUT2D eigenvalue weighted by molar-refractivity contribution is -0.132. The third kappa shape index (κ3) is 5.36. The Kier molecular flexibility index (Phi) is 7.20. The number of hydrogen-bond donors (Lipinski definition) is 0.